The molecule has 0 spiro atoms. The van der Waals surface area contributed by atoms with Crippen LogP contribution in [0.25, 0.3) is 10.2 Å². The average Bonchev–Trinajstić information content (AvgIpc) is 3.19. The Morgan fingerprint density at radius 1 is 0.974 bits per heavy atom. The molecule has 2 aromatic heterocycles. The lowest BCUT2D eigenvalue weighted by Crippen LogP contribution is -2.61. The molecule has 1 saturated heterocycles. The summed E-state index contributed by atoms with van der Waals surface area (Å²) in [6.07, 6.45) is -0.485. The molecular formula is C24H28N2O9S3. The molecule has 38 heavy (non-hydrogen) atoms. The molecule has 0 aromatic carbocycles. The van der Waals surface area contributed by atoms with Crippen LogP contribution in [0.15, 0.2) is 5.16 Å². The lowest BCUT2D eigenvalue weighted by molar-refractivity contribution is -0.237. The van der Waals surface area contributed by atoms with Crippen LogP contribution in [0.1, 0.15) is 51.0 Å². The molecule has 1 aliphatic carbocycles. The summed E-state index contributed by atoms with van der Waals surface area (Å²) >= 11 is 8.36. The Morgan fingerprint density at radius 3 is 2.26 bits per heavy atom. The minimum absolute atomic E-state index is 0.297. The largest absolute Gasteiger partial charge is 0.463 e. The third kappa shape index (κ3) is 6.53. The maximum absolute atomic E-state index is 12.1. The summed E-state index contributed by atoms with van der Waals surface area (Å²) < 4.78 is 28.3. The van der Waals surface area contributed by atoms with Gasteiger partial charge in [-0.2, -0.15) is 0 Å². The molecule has 5 atom stereocenters. The molecule has 1 N–H and O–H groups in total. The van der Waals surface area contributed by atoms with Crippen LogP contribution in [0.5, 0.6) is 0 Å². The highest BCUT2D eigenvalue weighted by atomic mass is 32.2. The Kier molecular flexibility index (Phi) is 9.06. The Bertz CT molecular complexity index is 1310. The van der Waals surface area contributed by atoms with Crippen molar-refractivity contribution in [2.75, 3.05) is 6.61 Å². The summed E-state index contributed by atoms with van der Waals surface area (Å²) in [6.45, 7) is 4.48. The van der Waals surface area contributed by atoms with E-state index in [1.54, 1.807) is 11.3 Å². The second-order valence-corrected chi connectivity index (χ2v) is 11.5. The smallest absolute Gasteiger partial charge is 0.303 e. The number of thiophene rings is 1. The molecule has 0 bridgehead atoms. The number of hydrogen-bond donors (Lipinski definition) is 1. The number of ether oxygens (including phenoxy) is 5. The van der Waals surface area contributed by atoms with Gasteiger partial charge >= 0.3 is 23.9 Å². The molecule has 2 aromatic rings. The number of rotatable bonds is 7. The van der Waals surface area contributed by atoms with Crippen molar-refractivity contribution in [3.63, 3.8) is 0 Å². The van der Waals surface area contributed by atoms with Crippen LogP contribution in [-0.2, 0) is 55.7 Å². The number of carbonyl (C=O) groups excluding carboxylic acids is 4. The van der Waals surface area contributed by atoms with E-state index >= 15 is 0 Å². The molecule has 0 radical (unpaired) electrons. The lowest BCUT2D eigenvalue weighted by Gasteiger charge is -2.43. The van der Waals surface area contributed by atoms with Gasteiger partial charge < -0.3 is 28.7 Å². The Balaban J connectivity index is 1.72. The number of H-pyrrole nitrogens is 1. The van der Waals surface area contributed by atoms with Gasteiger partial charge in [0.15, 0.2) is 28.9 Å². The zero-order valence-electron chi connectivity index (χ0n) is 21.3. The summed E-state index contributed by atoms with van der Waals surface area (Å²) in [6, 6.07) is 0. The van der Waals surface area contributed by atoms with E-state index < -0.39 is 53.7 Å². The van der Waals surface area contributed by atoms with E-state index in [9.17, 15) is 19.2 Å². The first-order valence-corrected chi connectivity index (χ1v) is 14.2. The van der Waals surface area contributed by atoms with Crippen molar-refractivity contribution in [3.05, 3.63) is 15.1 Å². The summed E-state index contributed by atoms with van der Waals surface area (Å²) in [4.78, 5) is 57.5. The molecule has 4 rings (SSSR count). The molecule has 2 aliphatic rings. The van der Waals surface area contributed by atoms with E-state index in [0.29, 0.717) is 9.80 Å². The van der Waals surface area contributed by atoms with Crippen molar-refractivity contribution in [3.8, 4) is 0 Å². The minimum atomic E-state index is -1.24. The van der Waals surface area contributed by atoms with Crippen LogP contribution >= 0.6 is 35.3 Å². The first-order chi connectivity index (χ1) is 18.0. The van der Waals surface area contributed by atoms with Gasteiger partial charge in [-0.1, -0.05) is 24.0 Å². The standard InChI is InChI=1S/C24H28N2O9S3/c1-10(27)31-9-15-18(32-11(2)28)19(33-12(3)29)20(34-13(4)30)23(35-15)38-24-25-21(36)17-14-7-5-6-8-16(14)37-22(17)26-24/h15,18-20,23H,5-9H2,1-4H3,(H,25,26,36)/t15-,18+,19+,20-,23+/m1/s1. The topological polar surface area (TPSA) is 143 Å². The van der Waals surface area contributed by atoms with Crippen LogP contribution in [0.3, 0.4) is 0 Å². The van der Waals surface area contributed by atoms with Crippen molar-refractivity contribution in [2.24, 2.45) is 0 Å². The Morgan fingerprint density at radius 2 is 1.61 bits per heavy atom. The highest BCUT2D eigenvalue weighted by molar-refractivity contribution is 7.99. The highest BCUT2D eigenvalue weighted by Gasteiger charge is 2.52. The number of esters is 4. The van der Waals surface area contributed by atoms with Crippen molar-refractivity contribution >= 4 is 69.4 Å². The fraction of sp³-hybridized carbons (Fsp3) is 0.583. The monoisotopic (exact) mass is 584 g/mol. The number of hydrogen-bond acceptors (Lipinski definition) is 13. The summed E-state index contributed by atoms with van der Waals surface area (Å²) in [5.74, 6) is -2.62. The lowest BCUT2D eigenvalue weighted by atomic mass is 9.97. The van der Waals surface area contributed by atoms with E-state index in [2.05, 4.69) is 4.98 Å². The highest BCUT2D eigenvalue weighted by Crippen LogP contribution is 2.40. The molecular weight excluding hydrogens is 556 g/mol. The van der Waals surface area contributed by atoms with E-state index in [1.807, 2.05) is 0 Å². The van der Waals surface area contributed by atoms with Gasteiger partial charge in [0.05, 0.1) is 0 Å². The minimum Gasteiger partial charge on any atom is -0.463 e. The third-order valence-electron chi connectivity index (χ3n) is 5.98. The summed E-state index contributed by atoms with van der Waals surface area (Å²) in [7, 11) is 0. The van der Waals surface area contributed by atoms with E-state index in [0.717, 1.165) is 47.7 Å². The number of carbonyl (C=O) groups is 4. The second kappa shape index (κ2) is 12.1. The Hall–Kier alpha value is -2.55. The summed E-state index contributed by atoms with van der Waals surface area (Å²) in [5.41, 5.74) is 0.259. The fourth-order valence-electron chi connectivity index (χ4n) is 4.59. The normalized spacial score (nSPS) is 24.8. The van der Waals surface area contributed by atoms with Gasteiger partial charge in [0.25, 0.3) is 0 Å². The predicted octanol–water partition coefficient (Wildman–Crippen LogP) is 3.41. The van der Waals surface area contributed by atoms with Gasteiger partial charge in [0, 0.05) is 38.0 Å². The average molecular weight is 585 g/mol. The van der Waals surface area contributed by atoms with Crippen LogP contribution < -0.4 is 0 Å². The zero-order valence-corrected chi connectivity index (χ0v) is 23.7. The fourth-order valence-corrected chi connectivity index (χ4v) is 7.44. The molecule has 14 heteroatoms. The van der Waals surface area contributed by atoms with Gasteiger partial charge in [-0.15, -0.1) is 11.3 Å². The number of aromatic amines is 1. The van der Waals surface area contributed by atoms with Gasteiger partial charge in [-0.3, -0.25) is 19.2 Å². The van der Waals surface area contributed by atoms with E-state index in [-0.39, 0.29) is 6.61 Å². The van der Waals surface area contributed by atoms with Crippen LogP contribution in [0.2, 0.25) is 0 Å². The van der Waals surface area contributed by atoms with Crippen molar-refractivity contribution in [2.45, 2.75) is 88.4 Å². The van der Waals surface area contributed by atoms with Crippen molar-refractivity contribution in [1.82, 2.24) is 9.97 Å². The molecule has 11 nitrogen and oxygen atoms in total. The molecule has 206 valence electrons. The molecule has 1 fully saturated rings. The third-order valence-corrected chi connectivity index (χ3v) is 8.50. The zero-order chi connectivity index (χ0) is 27.6. The van der Waals surface area contributed by atoms with Gasteiger partial charge in [0.1, 0.15) is 22.2 Å². The maximum atomic E-state index is 12.1. The molecule has 0 saturated carbocycles. The number of nitrogens with zero attached hydrogens (tertiary/aromatic N) is 1. The molecule has 1 aliphatic heterocycles. The van der Waals surface area contributed by atoms with Gasteiger partial charge in [-0.05, 0) is 31.2 Å². The number of aryl methyl sites for hydroxylation is 2. The van der Waals surface area contributed by atoms with Gasteiger partial charge in [-0.25, -0.2) is 4.98 Å². The molecule has 0 amide bonds. The van der Waals surface area contributed by atoms with Crippen molar-refractivity contribution < 1.29 is 42.9 Å². The number of thioether (sulfide) groups is 1. The Labute approximate surface area is 231 Å². The van der Waals surface area contributed by atoms with E-state index in [1.165, 1.54) is 38.1 Å². The van der Waals surface area contributed by atoms with Crippen molar-refractivity contribution in [1.29, 1.82) is 0 Å². The second-order valence-electron chi connectivity index (χ2n) is 8.95. The molecule has 3 heterocycles. The first-order valence-electron chi connectivity index (χ1n) is 12.0. The maximum Gasteiger partial charge on any atom is 0.303 e. The quantitative estimate of drug-likeness (QED) is 0.220. The summed E-state index contributed by atoms with van der Waals surface area (Å²) in [5, 5.41) is 1.35. The van der Waals surface area contributed by atoms with Crippen LogP contribution in [0.4, 0.5) is 0 Å². The van der Waals surface area contributed by atoms with Gasteiger partial charge in [0.2, 0.25) is 0 Å². The first kappa shape index (κ1) is 28.5. The predicted molar refractivity (Wildman–Crippen MR) is 139 cm³/mol. The van der Waals surface area contributed by atoms with E-state index in [4.69, 9.17) is 40.9 Å². The number of fused-ring (bicyclic) bond motifs is 3. The van der Waals surface area contributed by atoms with Crippen LogP contribution in [-0.4, -0.2) is 70.3 Å². The SMILES string of the molecule is CC(=O)OC[C@H]1O[C@@H](Sc2nc3sc4c(c3c(=S)[nH]2)CCCC4)[C@H](OC(C)=O)[C@@H](OC(C)=O)[C@H]1OC(C)=O. The molecule has 0 unspecified atom stereocenters. The number of nitrogens with one attached hydrogen (secondary N) is 1. The number of aromatic nitrogens is 2. The van der Waals surface area contributed by atoms with Crippen LogP contribution in [0, 0.1) is 4.64 Å².